The summed E-state index contributed by atoms with van der Waals surface area (Å²) in [6, 6.07) is 17.9. The highest BCUT2D eigenvalue weighted by Gasteiger charge is 2.30. The number of rotatable bonds is 8. The van der Waals surface area contributed by atoms with Gasteiger partial charge in [0.1, 0.15) is 5.75 Å². The van der Waals surface area contributed by atoms with E-state index >= 15 is 0 Å². The molecule has 1 heterocycles. The third-order valence-electron chi connectivity index (χ3n) is 5.71. The summed E-state index contributed by atoms with van der Waals surface area (Å²) in [5.41, 5.74) is 3.42. The van der Waals surface area contributed by atoms with E-state index in [1.807, 2.05) is 36.6 Å². The summed E-state index contributed by atoms with van der Waals surface area (Å²) in [7, 11) is 1.56. The summed E-state index contributed by atoms with van der Waals surface area (Å²) < 4.78 is 45.7. The molecule has 3 aromatic carbocycles. The minimum absolute atomic E-state index is 0.131. The Morgan fingerprint density at radius 3 is 2.35 bits per heavy atom. The molecular weight excluding hydrogens is 501 g/mol. The zero-order valence-corrected chi connectivity index (χ0v) is 21.3. The van der Waals surface area contributed by atoms with E-state index in [1.54, 1.807) is 31.4 Å². The first-order chi connectivity index (χ1) is 17.7. The Hall–Kier alpha value is -3.79. The number of aromatic nitrogens is 3. The van der Waals surface area contributed by atoms with E-state index < -0.39 is 11.7 Å². The molecule has 0 fully saturated rings. The molecule has 0 spiro atoms. The van der Waals surface area contributed by atoms with Crippen molar-refractivity contribution in [2.24, 2.45) is 0 Å². The van der Waals surface area contributed by atoms with Crippen LogP contribution >= 0.6 is 11.8 Å². The van der Waals surface area contributed by atoms with Crippen LogP contribution in [0.1, 0.15) is 38.4 Å². The molecule has 10 heteroatoms. The van der Waals surface area contributed by atoms with E-state index in [0.29, 0.717) is 28.0 Å². The second kappa shape index (κ2) is 11.1. The molecule has 1 amide bonds. The van der Waals surface area contributed by atoms with Crippen molar-refractivity contribution in [1.29, 1.82) is 0 Å². The van der Waals surface area contributed by atoms with Gasteiger partial charge in [-0.25, -0.2) is 0 Å². The van der Waals surface area contributed by atoms with Crippen LogP contribution in [0.25, 0.3) is 5.69 Å². The first kappa shape index (κ1) is 26.3. The van der Waals surface area contributed by atoms with Gasteiger partial charge in [0, 0.05) is 11.3 Å². The van der Waals surface area contributed by atoms with Crippen LogP contribution in [0.3, 0.4) is 0 Å². The predicted molar refractivity (Wildman–Crippen MR) is 136 cm³/mol. The zero-order valence-electron chi connectivity index (χ0n) is 20.5. The molecule has 0 aliphatic rings. The number of amides is 1. The molecular formula is C27H25F3N4O2S. The molecule has 0 radical (unpaired) electrons. The topological polar surface area (TPSA) is 69.0 Å². The summed E-state index contributed by atoms with van der Waals surface area (Å²) in [5, 5.41) is 12.1. The lowest BCUT2D eigenvalue weighted by atomic mass is 10.1. The highest BCUT2D eigenvalue weighted by molar-refractivity contribution is 7.98. The normalized spacial score (nSPS) is 11.4. The fourth-order valence-corrected chi connectivity index (χ4v) is 4.57. The lowest BCUT2D eigenvalue weighted by molar-refractivity contribution is -0.137. The molecule has 0 saturated heterocycles. The van der Waals surface area contributed by atoms with Crippen LogP contribution in [-0.4, -0.2) is 27.8 Å². The summed E-state index contributed by atoms with van der Waals surface area (Å²) in [6.07, 6.45) is -4.38. The Morgan fingerprint density at radius 1 is 1.00 bits per heavy atom. The molecule has 0 aliphatic heterocycles. The summed E-state index contributed by atoms with van der Waals surface area (Å²) in [6.45, 7) is 4.08. The van der Waals surface area contributed by atoms with Crippen molar-refractivity contribution in [3.63, 3.8) is 0 Å². The van der Waals surface area contributed by atoms with Crippen molar-refractivity contribution in [3.05, 3.63) is 100 Å². The van der Waals surface area contributed by atoms with Gasteiger partial charge in [-0.3, -0.25) is 9.36 Å². The highest BCUT2D eigenvalue weighted by Crippen LogP contribution is 2.31. The number of aryl methyl sites for hydroxylation is 2. The van der Waals surface area contributed by atoms with Crippen LogP contribution in [0.2, 0.25) is 0 Å². The third-order valence-corrected chi connectivity index (χ3v) is 6.71. The molecule has 0 atom stereocenters. The zero-order chi connectivity index (χ0) is 26.6. The monoisotopic (exact) mass is 526 g/mol. The number of carbonyl (C=O) groups excluding carboxylic acids is 1. The van der Waals surface area contributed by atoms with Gasteiger partial charge in [0.2, 0.25) is 0 Å². The van der Waals surface area contributed by atoms with Gasteiger partial charge in [-0.1, -0.05) is 36.0 Å². The number of benzene rings is 3. The fourth-order valence-electron chi connectivity index (χ4n) is 3.65. The fraction of sp³-hybridized carbons (Fsp3) is 0.222. The van der Waals surface area contributed by atoms with Crippen LogP contribution in [0.5, 0.6) is 5.75 Å². The lowest BCUT2D eigenvalue weighted by Crippen LogP contribution is -2.24. The Labute approximate surface area is 216 Å². The van der Waals surface area contributed by atoms with E-state index in [-0.39, 0.29) is 12.5 Å². The van der Waals surface area contributed by atoms with Crippen molar-refractivity contribution in [2.75, 3.05) is 7.11 Å². The van der Waals surface area contributed by atoms with E-state index in [9.17, 15) is 18.0 Å². The molecule has 0 aliphatic carbocycles. The Kier molecular flexibility index (Phi) is 7.87. The van der Waals surface area contributed by atoms with Gasteiger partial charge < -0.3 is 10.1 Å². The molecule has 37 heavy (non-hydrogen) atoms. The second-order valence-electron chi connectivity index (χ2n) is 8.42. The number of ether oxygens (including phenoxy) is 1. The number of alkyl halides is 3. The average Bonchev–Trinajstić information content (AvgIpc) is 3.29. The number of hydrogen-bond donors (Lipinski definition) is 1. The molecule has 0 saturated carbocycles. The molecule has 6 nitrogen and oxygen atoms in total. The Morgan fingerprint density at radius 2 is 1.70 bits per heavy atom. The van der Waals surface area contributed by atoms with Crippen molar-refractivity contribution < 1.29 is 22.7 Å². The number of hydrogen-bond acceptors (Lipinski definition) is 5. The van der Waals surface area contributed by atoms with Crippen LogP contribution in [0, 0.1) is 13.8 Å². The van der Waals surface area contributed by atoms with E-state index in [1.165, 1.54) is 23.9 Å². The van der Waals surface area contributed by atoms with Crippen LogP contribution < -0.4 is 10.1 Å². The molecule has 0 unspecified atom stereocenters. The second-order valence-corrected chi connectivity index (χ2v) is 9.36. The maximum Gasteiger partial charge on any atom is 0.416 e. The quantitative estimate of drug-likeness (QED) is 0.280. The maximum absolute atomic E-state index is 12.9. The van der Waals surface area contributed by atoms with Crippen molar-refractivity contribution in [3.8, 4) is 11.4 Å². The van der Waals surface area contributed by atoms with Crippen molar-refractivity contribution in [2.45, 2.75) is 37.5 Å². The SMILES string of the molecule is COc1ccc(C(=O)NCc2nnc(SCc3ccc(C(F)(F)F)cc3)n2-c2cc(C)ccc2C)cc1. The van der Waals surface area contributed by atoms with Crippen LogP contribution in [-0.2, 0) is 18.5 Å². The first-order valence-electron chi connectivity index (χ1n) is 11.4. The van der Waals surface area contributed by atoms with E-state index in [0.717, 1.165) is 34.5 Å². The first-order valence-corrected chi connectivity index (χ1v) is 12.4. The van der Waals surface area contributed by atoms with Gasteiger partial charge in [-0.2, -0.15) is 13.2 Å². The van der Waals surface area contributed by atoms with Gasteiger partial charge in [-0.05, 0) is 73.0 Å². The van der Waals surface area contributed by atoms with Gasteiger partial charge in [0.15, 0.2) is 11.0 Å². The van der Waals surface area contributed by atoms with E-state index in [4.69, 9.17) is 4.74 Å². The summed E-state index contributed by atoms with van der Waals surface area (Å²) >= 11 is 1.36. The summed E-state index contributed by atoms with van der Waals surface area (Å²) in [4.78, 5) is 12.7. The van der Waals surface area contributed by atoms with Crippen LogP contribution in [0.15, 0.2) is 71.9 Å². The Bertz CT molecular complexity index is 1380. The molecule has 192 valence electrons. The minimum Gasteiger partial charge on any atom is -0.497 e. The van der Waals surface area contributed by atoms with Gasteiger partial charge >= 0.3 is 6.18 Å². The van der Waals surface area contributed by atoms with Gasteiger partial charge in [0.25, 0.3) is 5.91 Å². The smallest absolute Gasteiger partial charge is 0.416 e. The average molecular weight is 527 g/mol. The number of methoxy groups -OCH3 is 1. The Balaban J connectivity index is 1.57. The lowest BCUT2D eigenvalue weighted by Gasteiger charge is -2.14. The van der Waals surface area contributed by atoms with Gasteiger partial charge in [-0.15, -0.1) is 10.2 Å². The maximum atomic E-state index is 12.9. The standard InChI is InChI=1S/C27H25F3N4O2S/c1-17-4-5-18(2)23(14-17)34-24(15-31-25(35)20-8-12-22(36-3)13-9-20)32-33-26(34)37-16-19-6-10-21(11-7-19)27(28,29)30/h4-14H,15-16H2,1-3H3,(H,31,35). The van der Waals surface area contributed by atoms with Crippen LogP contribution in [0.4, 0.5) is 13.2 Å². The molecule has 0 bridgehead atoms. The van der Waals surface area contributed by atoms with Crippen molar-refractivity contribution in [1.82, 2.24) is 20.1 Å². The number of thioether (sulfide) groups is 1. The van der Waals surface area contributed by atoms with E-state index in [2.05, 4.69) is 15.5 Å². The molecule has 4 aromatic rings. The van der Waals surface area contributed by atoms with Gasteiger partial charge in [0.05, 0.1) is 24.9 Å². The summed E-state index contributed by atoms with van der Waals surface area (Å²) in [5.74, 6) is 1.32. The van der Waals surface area contributed by atoms with Crippen molar-refractivity contribution >= 4 is 17.7 Å². The molecule has 1 N–H and O–H groups in total. The predicted octanol–water partition coefficient (Wildman–Crippen LogP) is 6.13. The number of nitrogens with zero attached hydrogens (tertiary/aromatic N) is 3. The molecule has 1 aromatic heterocycles. The largest absolute Gasteiger partial charge is 0.497 e. The third kappa shape index (κ3) is 6.32. The number of carbonyl (C=O) groups is 1. The highest BCUT2D eigenvalue weighted by atomic mass is 32.2. The number of halogens is 3. The minimum atomic E-state index is -4.38. The molecule has 4 rings (SSSR count). The number of nitrogens with one attached hydrogen (secondary N) is 1.